The first-order valence-electron chi connectivity index (χ1n) is 6.41. The summed E-state index contributed by atoms with van der Waals surface area (Å²) in [7, 11) is 0. The van der Waals surface area contributed by atoms with Crippen LogP contribution in [0.5, 0.6) is 34.5 Å². The molecule has 0 unspecified atom stereocenters. The van der Waals surface area contributed by atoms with Gasteiger partial charge in [0.1, 0.15) is 22.5 Å². The summed E-state index contributed by atoms with van der Waals surface area (Å²) in [5.41, 5.74) is -1.43. The van der Waals surface area contributed by atoms with Gasteiger partial charge < -0.3 is 35.1 Å². The number of fused-ring (bicyclic) bond motifs is 1. The third-order valence-electron chi connectivity index (χ3n) is 3.41. The summed E-state index contributed by atoms with van der Waals surface area (Å²) in [5.74, 6) is -4.72. The monoisotopic (exact) mass is 350 g/mol. The van der Waals surface area contributed by atoms with Crippen LogP contribution in [0.3, 0.4) is 0 Å². The molecule has 0 aliphatic carbocycles. The molecular formula is C15H10O8S. The molecule has 1 heterocycles. The average Bonchev–Trinajstić information content (AvgIpc) is 2.52. The number of thiol groups is 1. The van der Waals surface area contributed by atoms with Gasteiger partial charge in [0.05, 0.1) is 4.90 Å². The zero-order valence-corrected chi connectivity index (χ0v) is 12.6. The van der Waals surface area contributed by atoms with Crippen molar-refractivity contribution in [1.82, 2.24) is 0 Å². The van der Waals surface area contributed by atoms with Gasteiger partial charge in [-0.2, -0.15) is 0 Å². The Balaban J connectivity index is 2.45. The van der Waals surface area contributed by atoms with Crippen molar-refractivity contribution < 1.29 is 35.1 Å². The van der Waals surface area contributed by atoms with E-state index in [9.17, 15) is 35.4 Å². The summed E-state index contributed by atoms with van der Waals surface area (Å²) in [6, 6.07) is 2.86. The molecule has 0 bridgehead atoms. The molecule has 0 radical (unpaired) electrons. The lowest BCUT2D eigenvalue weighted by atomic mass is 10.1. The maximum absolute atomic E-state index is 12.3. The fraction of sp³-hybridized carbons (Fsp3) is 0. The van der Waals surface area contributed by atoms with Gasteiger partial charge in [0.15, 0.2) is 17.3 Å². The first-order chi connectivity index (χ1) is 11.2. The molecule has 0 spiro atoms. The summed E-state index contributed by atoms with van der Waals surface area (Å²) >= 11 is 3.96. The molecular weight excluding hydrogens is 340 g/mol. The van der Waals surface area contributed by atoms with Crippen molar-refractivity contribution in [3.8, 4) is 45.8 Å². The second kappa shape index (κ2) is 5.17. The van der Waals surface area contributed by atoms with Gasteiger partial charge in [0, 0.05) is 17.7 Å². The van der Waals surface area contributed by atoms with Gasteiger partial charge in [-0.1, -0.05) is 0 Å². The van der Waals surface area contributed by atoms with Crippen molar-refractivity contribution in [2.75, 3.05) is 0 Å². The summed E-state index contributed by atoms with van der Waals surface area (Å²) in [6.07, 6.45) is 0. The lowest BCUT2D eigenvalue weighted by Gasteiger charge is -2.11. The van der Waals surface area contributed by atoms with E-state index in [1.54, 1.807) is 0 Å². The number of benzene rings is 2. The van der Waals surface area contributed by atoms with Crippen LogP contribution in [0.1, 0.15) is 0 Å². The van der Waals surface area contributed by atoms with Crippen molar-refractivity contribution in [2.24, 2.45) is 0 Å². The van der Waals surface area contributed by atoms with E-state index in [0.717, 1.165) is 18.2 Å². The SMILES string of the molecule is O=c1c(O)c(-c2cc(O)c(O)c(O)c2S)oc2cc(O)cc(O)c12. The highest BCUT2D eigenvalue weighted by molar-refractivity contribution is 7.80. The Kier molecular flexibility index (Phi) is 3.38. The Bertz CT molecular complexity index is 1050. The van der Waals surface area contributed by atoms with E-state index in [-0.39, 0.29) is 27.2 Å². The normalized spacial score (nSPS) is 11.0. The molecule has 0 aliphatic rings. The van der Waals surface area contributed by atoms with Crippen molar-refractivity contribution >= 4 is 23.6 Å². The largest absolute Gasteiger partial charge is 0.508 e. The van der Waals surface area contributed by atoms with E-state index in [4.69, 9.17) is 4.42 Å². The zero-order valence-electron chi connectivity index (χ0n) is 11.7. The van der Waals surface area contributed by atoms with Gasteiger partial charge in [-0.05, 0) is 6.07 Å². The van der Waals surface area contributed by atoms with Crippen LogP contribution in [0.25, 0.3) is 22.3 Å². The van der Waals surface area contributed by atoms with Crippen LogP contribution >= 0.6 is 12.6 Å². The van der Waals surface area contributed by atoms with E-state index < -0.39 is 39.9 Å². The average molecular weight is 350 g/mol. The van der Waals surface area contributed by atoms with Gasteiger partial charge in [-0.25, -0.2) is 0 Å². The van der Waals surface area contributed by atoms with Crippen LogP contribution in [0.4, 0.5) is 0 Å². The summed E-state index contributed by atoms with van der Waals surface area (Å²) in [5, 5.41) is 57.7. The zero-order chi connectivity index (χ0) is 17.8. The maximum Gasteiger partial charge on any atom is 0.238 e. The fourth-order valence-electron chi connectivity index (χ4n) is 2.27. The number of hydrogen-bond donors (Lipinski definition) is 7. The Morgan fingerprint density at radius 1 is 0.833 bits per heavy atom. The predicted octanol–water partition coefficient (Wildman–Crippen LogP) is 1.98. The van der Waals surface area contributed by atoms with Gasteiger partial charge in [0.25, 0.3) is 0 Å². The van der Waals surface area contributed by atoms with E-state index in [1.165, 1.54) is 0 Å². The minimum atomic E-state index is -0.997. The number of rotatable bonds is 1. The van der Waals surface area contributed by atoms with Crippen molar-refractivity contribution in [3.05, 3.63) is 28.4 Å². The number of phenols is 5. The summed E-state index contributed by atoms with van der Waals surface area (Å²) in [4.78, 5) is 12.0. The molecule has 3 rings (SSSR count). The molecule has 0 aliphatic heterocycles. The first-order valence-corrected chi connectivity index (χ1v) is 6.86. The van der Waals surface area contributed by atoms with Crippen LogP contribution < -0.4 is 5.43 Å². The minimum Gasteiger partial charge on any atom is -0.508 e. The molecule has 0 amide bonds. The molecule has 8 nitrogen and oxygen atoms in total. The lowest BCUT2D eigenvalue weighted by Crippen LogP contribution is -2.03. The highest BCUT2D eigenvalue weighted by Gasteiger charge is 2.23. The Labute approximate surface area is 138 Å². The molecule has 6 N–H and O–H groups in total. The third-order valence-corrected chi connectivity index (χ3v) is 3.86. The smallest absolute Gasteiger partial charge is 0.238 e. The van der Waals surface area contributed by atoms with Crippen molar-refractivity contribution in [1.29, 1.82) is 0 Å². The molecule has 1 aromatic heterocycles. The Morgan fingerprint density at radius 3 is 2.17 bits per heavy atom. The second-order valence-corrected chi connectivity index (χ2v) is 5.38. The number of phenolic OH excluding ortho intramolecular Hbond substituents is 5. The number of aromatic hydroxyl groups is 6. The van der Waals surface area contributed by atoms with Gasteiger partial charge >= 0.3 is 0 Å². The molecule has 0 atom stereocenters. The first kappa shape index (κ1) is 15.7. The van der Waals surface area contributed by atoms with Crippen LogP contribution in [0, 0.1) is 0 Å². The molecule has 3 aromatic rings. The van der Waals surface area contributed by atoms with Gasteiger partial charge in [0.2, 0.25) is 16.9 Å². The van der Waals surface area contributed by atoms with Gasteiger partial charge in [-0.15, -0.1) is 12.6 Å². The van der Waals surface area contributed by atoms with E-state index >= 15 is 0 Å². The number of hydrogen-bond acceptors (Lipinski definition) is 9. The summed E-state index contributed by atoms with van der Waals surface area (Å²) < 4.78 is 5.33. The van der Waals surface area contributed by atoms with Gasteiger partial charge in [-0.3, -0.25) is 4.79 Å². The van der Waals surface area contributed by atoms with Crippen LogP contribution in [-0.2, 0) is 0 Å². The molecule has 0 saturated heterocycles. The minimum absolute atomic E-state index is 0.189. The fourth-order valence-corrected chi connectivity index (χ4v) is 2.54. The van der Waals surface area contributed by atoms with Crippen molar-refractivity contribution in [2.45, 2.75) is 4.90 Å². The van der Waals surface area contributed by atoms with Crippen LogP contribution in [-0.4, -0.2) is 30.6 Å². The second-order valence-electron chi connectivity index (χ2n) is 4.94. The molecule has 2 aromatic carbocycles. The maximum atomic E-state index is 12.3. The Hall–Kier alpha value is -3.20. The predicted molar refractivity (Wildman–Crippen MR) is 85.2 cm³/mol. The third kappa shape index (κ3) is 2.14. The highest BCUT2D eigenvalue weighted by atomic mass is 32.1. The van der Waals surface area contributed by atoms with E-state index in [1.807, 2.05) is 0 Å². The van der Waals surface area contributed by atoms with Crippen LogP contribution in [0.15, 0.2) is 32.3 Å². The molecule has 0 fully saturated rings. The van der Waals surface area contributed by atoms with E-state index in [0.29, 0.717) is 0 Å². The highest BCUT2D eigenvalue weighted by Crippen LogP contribution is 2.47. The molecule has 0 saturated carbocycles. The van der Waals surface area contributed by atoms with Crippen LogP contribution in [0.2, 0.25) is 0 Å². The molecule has 124 valence electrons. The lowest BCUT2D eigenvalue weighted by molar-refractivity contribution is 0.362. The van der Waals surface area contributed by atoms with Crippen molar-refractivity contribution in [3.63, 3.8) is 0 Å². The quantitative estimate of drug-likeness (QED) is 0.260. The molecule has 9 heteroatoms. The topological polar surface area (TPSA) is 152 Å². The Morgan fingerprint density at radius 2 is 1.50 bits per heavy atom. The standard InChI is InChI=1S/C15H10O8S/c16-4-1-6(17)9-8(2-4)23-14(12(21)11(9)20)5-3-7(18)10(19)13(22)15(5)24/h1-3,16-19,21-22,24H. The summed E-state index contributed by atoms with van der Waals surface area (Å²) in [6.45, 7) is 0. The molecule has 24 heavy (non-hydrogen) atoms. The van der Waals surface area contributed by atoms with E-state index in [2.05, 4.69) is 12.6 Å².